The van der Waals surface area contributed by atoms with Crippen molar-refractivity contribution in [2.75, 3.05) is 11.9 Å². The number of rotatable bonds is 6. The van der Waals surface area contributed by atoms with E-state index in [0.29, 0.717) is 13.2 Å². The van der Waals surface area contributed by atoms with Gasteiger partial charge in [-0.2, -0.15) is 0 Å². The van der Waals surface area contributed by atoms with Gasteiger partial charge in [-0.3, -0.25) is 0 Å². The number of anilines is 1. The molecule has 2 aromatic rings. The van der Waals surface area contributed by atoms with E-state index in [1.807, 2.05) is 36.4 Å². The number of halogens is 3. The second-order valence-electron chi connectivity index (χ2n) is 4.34. The van der Waals surface area contributed by atoms with Crippen LogP contribution in [-0.2, 0) is 6.54 Å². The Bertz CT molecular complexity index is 629. The predicted octanol–water partition coefficient (Wildman–Crippen LogP) is 6.04. The Morgan fingerprint density at radius 3 is 2.57 bits per heavy atom. The summed E-state index contributed by atoms with van der Waals surface area (Å²) in [7, 11) is 0. The minimum Gasteiger partial charge on any atom is -0.488 e. The van der Waals surface area contributed by atoms with Crippen LogP contribution < -0.4 is 10.1 Å². The molecule has 0 unspecified atom stereocenters. The lowest BCUT2D eigenvalue weighted by Gasteiger charge is -2.14. The molecule has 0 fully saturated rings. The zero-order chi connectivity index (χ0) is 15.2. The fourth-order valence-electron chi connectivity index (χ4n) is 1.81. The SMILES string of the molecule is C=CCOc1c(Br)cc(Br)cc1CNc1ccc(Cl)cc1. The quantitative estimate of drug-likeness (QED) is 0.563. The Balaban J connectivity index is 2.17. The summed E-state index contributed by atoms with van der Waals surface area (Å²) in [5, 5.41) is 4.08. The third-order valence-corrected chi connectivity index (χ3v) is 4.06. The Morgan fingerprint density at radius 2 is 1.90 bits per heavy atom. The summed E-state index contributed by atoms with van der Waals surface area (Å²) in [6.45, 7) is 4.79. The minimum atomic E-state index is 0.466. The molecule has 0 aliphatic carbocycles. The first-order valence-electron chi connectivity index (χ1n) is 6.31. The van der Waals surface area contributed by atoms with Crippen molar-refractivity contribution in [2.45, 2.75) is 6.54 Å². The molecule has 0 amide bonds. The molecule has 0 aromatic heterocycles. The molecule has 2 aromatic carbocycles. The van der Waals surface area contributed by atoms with Crippen molar-refractivity contribution in [3.05, 3.63) is 68.6 Å². The van der Waals surface area contributed by atoms with Crippen molar-refractivity contribution in [2.24, 2.45) is 0 Å². The van der Waals surface area contributed by atoms with Gasteiger partial charge in [-0.05, 0) is 52.3 Å². The normalized spacial score (nSPS) is 10.2. The third-order valence-electron chi connectivity index (χ3n) is 2.76. The molecule has 21 heavy (non-hydrogen) atoms. The Morgan fingerprint density at radius 1 is 1.19 bits per heavy atom. The highest BCUT2D eigenvalue weighted by molar-refractivity contribution is 9.11. The maximum Gasteiger partial charge on any atom is 0.139 e. The lowest BCUT2D eigenvalue weighted by Crippen LogP contribution is -2.04. The van der Waals surface area contributed by atoms with Gasteiger partial charge in [0.15, 0.2) is 0 Å². The van der Waals surface area contributed by atoms with Crippen LogP contribution in [0.1, 0.15) is 5.56 Å². The fraction of sp³-hybridized carbons (Fsp3) is 0.125. The van der Waals surface area contributed by atoms with E-state index < -0.39 is 0 Å². The molecule has 5 heteroatoms. The summed E-state index contributed by atoms with van der Waals surface area (Å²) >= 11 is 12.9. The van der Waals surface area contributed by atoms with E-state index in [9.17, 15) is 0 Å². The van der Waals surface area contributed by atoms with Gasteiger partial charge in [0, 0.05) is 27.3 Å². The van der Waals surface area contributed by atoms with Crippen LogP contribution in [0.15, 0.2) is 58.0 Å². The standard InChI is InChI=1S/C16H14Br2ClNO/c1-2-7-21-16-11(8-12(17)9-15(16)18)10-20-14-5-3-13(19)4-6-14/h2-6,8-9,20H,1,7,10H2. The monoisotopic (exact) mass is 429 g/mol. The van der Waals surface area contributed by atoms with E-state index in [4.69, 9.17) is 16.3 Å². The van der Waals surface area contributed by atoms with Gasteiger partial charge in [0.05, 0.1) is 4.47 Å². The van der Waals surface area contributed by atoms with Crippen LogP contribution in [0, 0.1) is 0 Å². The van der Waals surface area contributed by atoms with Crippen molar-refractivity contribution in [3.8, 4) is 5.75 Å². The molecule has 0 saturated heterocycles. The largest absolute Gasteiger partial charge is 0.488 e. The maximum atomic E-state index is 5.88. The van der Waals surface area contributed by atoms with Gasteiger partial charge in [0.25, 0.3) is 0 Å². The van der Waals surface area contributed by atoms with Crippen LogP contribution in [0.25, 0.3) is 0 Å². The zero-order valence-corrected chi connectivity index (χ0v) is 15.1. The van der Waals surface area contributed by atoms with E-state index >= 15 is 0 Å². The van der Waals surface area contributed by atoms with Crippen LogP contribution >= 0.6 is 43.5 Å². The van der Waals surface area contributed by atoms with Crippen LogP contribution in [0.3, 0.4) is 0 Å². The number of hydrogen-bond acceptors (Lipinski definition) is 2. The average molecular weight is 432 g/mol. The van der Waals surface area contributed by atoms with E-state index in [0.717, 1.165) is 31.0 Å². The number of benzene rings is 2. The Hall–Kier alpha value is -0.970. The maximum absolute atomic E-state index is 5.88. The van der Waals surface area contributed by atoms with Gasteiger partial charge < -0.3 is 10.1 Å². The zero-order valence-electron chi connectivity index (χ0n) is 11.2. The van der Waals surface area contributed by atoms with E-state index in [1.165, 1.54) is 0 Å². The molecule has 0 saturated carbocycles. The van der Waals surface area contributed by atoms with E-state index in [1.54, 1.807) is 6.08 Å². The molecular weight excluding hydrogens is 417 g/mol. The second kappa shape index (κ2) is 7.87. The summed E-state index contributed by atoms with van der Waals surface area (Å²) in [5.74, 6) is 0.819. The lowest BCUT2D eigenvalue weighted by atomic mass is 10.2. The molecule has 1 N–H and O–H groups in total. The summed E-state index contributed by atoms with van der Waals surface area (Å²) in [4.78, 5) is 0. The molecule has 0 bridgehead atoms. The van der Waals surface area contributed by atoms with E-state index in [-0.39, 0.29) is 0 Å². The molecule has 0 spiro atoms. The van der Waals surface area contributed by atoms with Gasteiger partial charge >= 0.3 is 0 Å². The number of hydrogen-bond donors (Lipinski definition) is 1. The Labute approximate surface area is 146 Å². The number of nitrogens with one attached hydrogen (secondary N) is 1. The summed E-state index contributed by atoms with van der Waals surface area (Å²) < 4.78 is 7.64. The van der Waals surface area contributed by atoms with Gasteiger partial charge in [-0.25, -0.2) is 0 Å². The summed E-state index contributed by atoms with van der Waals surface area (Å²) in [6.07, 6.45) is 1.73. The molecule has 0 aliphatic rings. The topological polar surface area (TPSA) is 21.3 Å². The highest BCUT2D eigenvalue weighted by atomic mass is 79.9. The van der Waals surface area contributed by atoms with Crippen LogP contribution in [0.2, 0.25) is 5.02 Å². The molecule has 0 radical (unpaired) electrons. The molecule has 0 atom stereocenters. The molecule has 2 rings (SSSR count). The summed E-state index contributed by atoms with van der Waals surface area (Å²) in [6, 6.07) is 11.6. The van der Waals surface area contributed by atoms with Crippen molar-refractivity contribution in [1.82, 2.24) is 0 Å². The molecule has 0 heterocycles. The lowest BCUT2D eigenvalue weighted by molar-refractivity contribution is 0.357. The van der Waals surface area contributed by atoms with Crippen LogP contribution in [0.5, 0.6) is 5.75 Å². The minimum absolute atomic E-state index is 0.466. The van der Waals surface area contributed by atoms with Crippen molar-refractivity contribution < 1.29 is 4.74 Å². The Kier molecular flexibility index (Phi) is 6.15. The molecule has 110 valence electrons. The molecule has 2 nitrogen and oxygen atoms in total. The van der Waals surface area contributed by atoms with E-state index in [2.05, 4.69) is 43.8 Å². The van der Waals surface area contributed by atoms with Crippen LogP contribution in [-0.4, -0.2) is 6.61 Å². The second-order valence-corrected chi connectivity index (χ2v) is 6.54. The van der Waals surface area contributed by atoms with Gasteiger partial charge in [-0.15, -0.1) is 0 Å². The highest BCUT2D eigenvalue weighted by Crippen LogP contribution is 2.33. The smallest absolute Gasteiger partial charge is 0.139 e. The van der Waals surface area contributed by atoms with Crippen molar-refractivity contribution in [3.63, 3.8) is 0 Å². The van der Waals surface area contributed by atoms with Crippen molar-refractivity contribution in [1.29, 1.82) is 0 Å². The molecule has 0 aliphatic heterocycles. The van der Waals surface area contributed by atoms with Gasteiger partial charge in [0.2, 0.25) is 0 Å². The van der Waals surface area contributed by atoms with Crippen molar-refractivity contribution >= 4 is 49.1 Å². The predicted molar refractivity (Wildman–Crippen MR) is 96.3 cm³/mol. The first-order chi connectivity index (χ1) is 10.1. The van der Waals surface area contributed by atoms with Gasteiger partial charge in [0.1, 0.15) is 12.4 Å². The first kappa shape index (κ1) is 16.4. The van der Waals surface area contributed by atoms with Gasteiger partial charge in [-0.1, -0.05) is 40.2 Å². The average Bonchev–Trinajstić information content (AvgIpc) is 2.45. The molecular formula is C16H14Br2ClNO. The highest BCUT2D eigenvalue weighted by Gasteiger charge is 2.10. The number of ether oxygens (including phenoxy) is 1. The van der Waals surface area contributed by atoms with Crippen LogP contribution in [0.4, 0.5) is 5.69 Å². The third kappa shape index (κ3) is 4.77. The first-order valence-corrected chi connectivity index (χ1v) is 8.27. The fourth-order valence-corrected chi connectivity index (χ4v) is 3.37. The summed E-state index contributed by atoms with van der Waals surface area (Å²) in [5.41, 5.74) is 2.05.